The Morgan fingerprint density at radius 3 is 2.76 bits per heavy atom. The second kappa shape index (κ2) is 8.31. The van der Waals surface area contributed by atoms with Crippen LogP contribution >= 0.6 is 22.7 Å². The van der Waals surface area contributed by atoms with E-state index in [2.05, 4.69) is 31.1 Å². The molecule has 4 aromatic rings. The van der Waals surface area contributed by atoms with Crippen molar-refractivity contribution in [1.29, 1.82) is 0 Å². The highest BCUT2D eigenvalue weighted by molar-refractivity contribution is 7.08. The predicted molar refractivity (Wildman–Crippen MR) is 131 cm³/mol. The third kappa shape index (κ3) is 4.02. The first-order valence-corrected chi connectivity index (χ1v) is 12.4. The molecule has 0 unspecified atom stereocenters. The Balaban J connectivity index is 1.68. The van der Waals surface area contributed by atoms with Crippen LogP contribution in [0.1, 0.15) is 36.8 Å². The standard InChI is InChI=1S/C24H24N4O3S2/c1-24(2,3)12-25-23(29)21-17-9-31-20-8-19(30-4)15(18-11-33-13-26-18)7-16(20)22(17)28(27-21)14-5-6-32-10-14/h5-8,10-11,13H,9,12H2,1-4H3,(H,25,29). The molecule has 0 spiro atoms. The highest BCUT2D eigenvalue weighted by Gasteiger charge is 2.32. The first-order chi connectivity index (χ1) is 15.9. The number of aromatic nitrogens is 3. The Kier molecular flexibility index (Phi) is 5.46. The Morgan fingerprint density at radius 1 is 1.24 bits per heavy atom. The molecule has 0 fully saturated rings. The lowest BCUT2D eigenvalue weighted by molar-refractivity contribution is 0.0931. The van der Waals surface area contributed by atoms with Crippen molar-refractivity contribution >= 4 is 28.6 Å². The molecular formula is C24H24N4O3S2. The third-order valence-corrected chi connectivity index (χ3v) is 6.62. The Labute approximate surface area is 200 Å². The van der Waals surface area contributed by atoms with Crippen molar-refractivity contribution in [3.63, 3.8) is 0 Å². The van der Waals surface area contributed by atoms with Crippen LogP contribution < -0.4 is 14.8 Å². The number of amides is 1. The molecule has 0 radical (unpaired) electrons. The number of nitrogens with one attached hydrogen (secondary N) is 1. The molecule has 1 amide bonds. The summed E-state index contributed by atoms with van der Waals surface area (Å²) in [5.41, 5.74) is 7.24. The number of nitrogens with zero attached hydrogens (tertiary/aromatic N) is 3. The summed E-state index contributed by atoms with van der Waals surface area (Å²) in [6.45, 7) is 7.05. The minimum atomic E-state index is -0.199. The van der Waals surface area contributed by atoms with Gasteiger partial charge in [-0.15, -0.1) is 11.3 Å². The van der Waals surface area contributed by atoms with Gasteiger partial charge in [0, 0.05) is 40.1 Å². The summed E-state index contributed by atoms with van der Waals surface area (Å²) in [4.78, 5) is 17.6. The Hall–Kier alpha value is -3.17. The fourth-order valence-electron chi connectivity index (χ4n) is 3.77. The summed E-state index contributed by atoms with van der Waals surface area (Å²) in [5, 5.41) is 13.8. The van der Waals surface area contributed by atoms with E-state index in [1.165, 1.54) is 11.3 Å². The van der Waals surface area contributed by atoms with Crippen LogP contribution in [0.25, 0.3) is 28.2 Å². The lowest BCUT2D eigenvalue weighted by Gasteiger charge is -2.22. The van der Waals surface area contributed by atoms with Crippen molar-refractivity contribution in [3.8, 4) is 39.7 Å². The van der Waals surface area contributed by atoms with Gasteiger partial charge < -0.3 is 14.8 Å². The van der Waals surface area contributed by atoms with Crippen LogP contribution in [-0.4, -0.2) is 34.3 Å². The topological polar surface area (TPSA) is 78.3 Å². The number of carbonyl (C=O) groups excluding carboxylic acids is 1. The molecule has 1 aromatic carbocycles. The number of fused-ring (bicyclic) bond motifs is 3. The zero-order chi connectivity index (χ0) is 23.2. The van der Waals surface area contributed by atoms with Crippen molar-refractivity contribution in [2.75, 3.05) is 13.7 Å². The molecule has 0 aliphatic carbocycles. The molecule has 0 bridgehead atoms. The SMILES string of the molecule is COc1cc2c(cc1-c1cscn1)-c1c(c(C(=O)NCC(C)(C)C)nn1-c1ccsc1)CO2. The van der Waals surface area contributed by atoms with Gasteiger partial charge in [0.25, 0.3) is 5.91 Å². The molecule has 9 heteroatoms. The van der Waals surface area contributed by atoms with E-state index in [0.717, 1.165) is 33.8 Å². The van der Waals surface area contributed by atoms with Gasteiger partial charge in [-0.2, -0.15) is 16.4 Å². The molecule has 7 nitrogen and oxygen atoms in total. The number of methoxy groups -OCH3 is 1. The van der Waals surface area contributed by atoms with Crippen LogP contribution in [0.2, 0.25) is 0 Å². The first kappa shape index (κ1) is 21.7. The summed E-state index contributed by atoms with van der Waals surface area (Å²) in [5.74, 6) is 1.18. The molecule has 33 heavy (non-hydrogen) atoms. The van der Waals surface area contributed by atoms with Gasteiger partial charge in [0.05, 0.1) is 29.7 Å². The van der Waals surface area contributed by atoms with Crippen LogP contribution in [-0.2, 0) is 6.61 Å². The van der Waals surface area contributed by atoms with E-state index in [4.69, 9.17) is 14.6 Å². The Bertz CT molecular complexity index is 1300. The Morgan fingerprint density at radius 2 is 2.09 bits per heavy atom. The predicted octanol–water partition coefficient (Wildman–Crippen LogP) is 5.40. The van der Waals surface area contributed by atoms with Gasteiger partial charge in [0.1, 0.15) is 18.1 Å². The maximum absolute atomic E-state index is 13.1. The molecular weight excluding hydrogens is 456 g/mol. The number of hydrogen-bond acceptors (Lipinski definition) is 7. The van der Waals surface area contributed by atoms with E-state index in [-0.39, 0.29) is 17.9 Å². The van der Waals surface area contributed by atoms with Gasteiger partial charge in [0.2, 0.25) is 0 Å². The summed E-state index contributed by atoms with van der Waals surface area (Å²) in [6, 6.07) is 5.90. The molecule has 5 rings (SSSR count). The summed E-state index contributed by atoms with van der Waals surface area (Å²) in [6.07, 6.45) is 0. The average Bonchev–Trinajstić information content (AvgIpc) is 3.56. The van der Waals surface area contributed by atoms with Gasteiger partial charge in [-0.3, -0.25) is 4.79 Å². The molecule has 1 aliphatic rings. The molecule has 3 aromatic heterocycles. The average molecular weight is 481 g/mol. The molecule has 1 aliphatic heterocycles. The zero-order valence-corrected chi connectivity index (χ0v) is 20.5. The molecule has 4 heterocycles. The van der Waals surface area contributed by atoms with Gasteiger partial charge in [-0.1, -0.05) is 20.8 Å². The van der Waals surface area contributed by atoms with Crippen LogP contribution in [0, 0.1) is 5.41 Å². The molecule has 0 saturated heterocycles. The largest absolute Gasteiger partial charge is 0.496 e. The van der Waals surface area contributed by atoms with Crippen molar-refractivity contribution in [2.24, 2.45) is 5.41 Å². The number of hydrogen-bond donors (Lipinski definition) is 1. The molecule has 1 N–H and O–H groups in total. The van der Waals surface area contributed by atoms with Crippen molar-refractivity contribution < 1.29 is 14.3 Å². The smallest absolute Gasteiger partial charge is 0.272 e. The second-order valence-electron chi connectivity index (χ2n) is 9.02. The van der Waals surface area contributed by atoms with Gasteiger partial charge in [-0.25, -0.2) is 9.67 Å². The second-order valence-corrected chi connectivity index (χ2v) is 10.5. The quantitative estimate of drug-likeness (QED) is 0.414. The van der Waals surface area contributed by atoms with Crippen molar-refractivity contribution in [3.05, 3.63) is 51.1 Å². The van der Waals surface area contributed by atoms with Crippen molar-refractivity contribution in [2.45, 2.75) is 27.4 Å². The number of ether oxygens (including phenoxy) is 2. The van der Waals surface area contributed by atoms with Gasteiger partial charge >= 0.3 is 0 Å². The monoisotopic (exact) mass is 480 g/mol. The molecule has 0 saturated carbocycles. The number of benzene rings is 1. The van der Waals surface area contributed by atoms with E-state index in [1.54, 1.807) is 24.0 Å². The van der Waals surface area contributed by atoms with E-state index in [0.29, 0.717) is 23.7 Å². The van der Waals surface area contributed by atoms with Crippen LogP contribution in [0.15, 0.2) is 39.8 Å². The van der Waals surface area contributed by atoms with E-state index in [9.17, 15) is 4.79 Å². The molecule has 0 atom stereocenters. The summed E-state index contributed by atoms with van der Waals surface area (Å²) < 4.78 is 13.6. The number of thiazole rings is 1. The van der Waals surface area contributed by atoms with Crippen LogP contribution in [0.5, 0.6) is 11.5 Å². The maximum atomic E-state index is 13.1. The normalized spacial score (nSPS) is 12.6. The lowest BCUT2D eigenvalue weighted by atomic mass is 9.96. The zero-order valence-electron chi connectivity index (χ0n) is 18.8. The van der Waals surface area contributed by atoms with Crippen LogP contribution in [0.3, 0.4) is 0 Å². The number of rotatable bonds is 5. The number of thiophene rings is 1. The summed E-state index contributed by atoms with van der Waals surface area (Å²) in [7, 11) is 1.64. The maximum Gasteiger partial charge on any atom is 0.272 e. The van der Waals surface area contributed by atoms with E-state index < -0.39 is 0 Å². The van der Waals surface area contributed by atoms with E-state index in [1.807, 2.05) is 39.0 Å². The fourth-order valence-corrected chi connectivity index (χ4v) is 4.94. The van der Waals surface area contributed by atoms with Crippen LogP contribution in [0.4, 0.5) is 0 Å². The first-order valence-electron chi connectivity index (χ1n) is 10.5. The highest BCUT2D eigenvalue weighted by Crippen LogP contribution is 2.46. The van der Waals surface area contributed by atoms with Crippen molar-refractivity contribution in [1.82, 2.24) is 20.1 Å². The van der Waals surface area contributed by atoms with Gasteiger partial charge in [-0.05, 0) is 22.9 Å². The number of carbonyl (C=O) groups is 1. The summed E-state index contributed by atoms with van der Waals surface area (Å²) >= 11 is 3.11. The lowest BCUT2D eigenvalue weighted by Crippen LogP contribution is -2.33. The highest BCUT2D eigenvalue weighted by atomic mass is 32.1. The van der Waals surface area contributed by atoms with Gasteiger partial charge in [0.15, 0.2) is 5.69 Å². The minimum absolute atomic E-state index is 0.0340. The molecule has 170 valence electrons. The minimum Gasteiger partial charge on any atom is -0.496 e. The third-order valence-electron chi connectivity index (χ3n) is 5.37. The fraction of sp³-hybridized carbons (Fsp3) is 0.292. The van der Waals surface area contributed by atoms with E-state index >= 15 is 0 Å².